The fourth-order valence-corrected chi connectivity index (χ4v) is 3.86. The largest absolute Gasteiger partial charge is 0.508 e. The number of carboxylic acid groups (broad SMARTS) is 1. The quantitative estimate of drug-likeness (QED) is 0.159. The minimum Gasteiger partial charge on any atom is -0.508 e. The van der Waals surface area contributed by atoms with Gasteiger partial charge in [0.2, 0.25) is 0 Å². The lowest BCUT2D eigenvalue weighted by Gasteiger charge is -2.42. The Morgan fingerprint density at radius 2 is 1.00 bits per heavy atom. The van der Waals surface area contributed by atoms with E-state index in [1.54, 1.807) is 0 Å². The van der Waals surface area contributed by atoms with E-state index in [9.17, 15) is 94.4 Å². The molecule has 0 aliphatic rings. The highest BCUT2D eigenvalue weighted by Gasteiger charge is 2.95. The second-order valence-electron chi connectivity index (χ2n) is 10.4. The number of alkyl halides is 17. The van der Waals surface area contributed by atoms with Gasteiger partial charge in [0.15, 0.2) is 0 Å². The number of amides is 1. The third-order valence-electron chi connectivity index (χ3n) is 6.87. The number of carboxylic acids is 1. The molecule has 1 amide bonds. The van der Waals surface area contributed by atoms with Gasteiger partial charge in [-0.1, -0.05) is 36.4 Å². The monoisotopic (exact) mass is 761 g/mol. The van der Waals surface area contributed by atoms with Crippen LogP contribution in [-0.2, 0) is 29.0 Å². The Morgan fingerprint density at radius 1 is 0.600 bits per heavy atom. The number of halogens is 17. The number of carbonyl (C=O) groups excluding carboxylic acids is 1. The van der Waals surface area contributed by atoms with E-state index in [0.717, 1.165) is 24.3 Å². The lowest BCUT2D eigenvalue weighted by Crippen LogP contribution is -2.74. The topological polar surface area (TPSA) is 95.9 Å². The Balaban J connectivity index is 2.13. The van der Waals surface area contributed by atoms with Gasteiger partial charge < -0.3 is 20.3 Å². The Morgan fingerprint density at radius 3 is 1.44 bits per heavy atom. The van der Waals surface area contributed by atoms with E-state index < -0.39 is 90.8 Å². The molecule has 0 aromatic heterocycles. The highest BCUT2D eigenvalue weighted by molar-refractivity contribution is 5.80. The van der Waals surface area contributed by atoms with Gasteiger partial charge in [0.05, 0.1) is 0 Å². The van der Waals surface area contributed by atoms with Crippen molar-refractivity contribution in [2.75, 3.05) is 0 Å². The number of aryl methyl sites for hydroxylation is 1. The number of alkyl carbamates (subject to hydrolysis) is 1. The van der Waals surface area contributed by atoms with Crippen molar-refractivity contribution in [1.29, 1.82) is 0 Å². The second-order valence-corrected chi connectivity index (χ2v) is 10.4. The van der Waals surface area contributed by atoms with E-state index in [-0.39, 0.29) is 17.7 Å². The number of aliphatic carboxylic acids is 1. The van der Waals surface area contributed by atoms with Gasteiger partial charge in [0.25, 0.3) is 0 Å². The van der Waals surface area contributed by atoms with Crippen molar-refractivity contribution in [3.63, 3.8) is 0 Å². The first-order valence-corrected chi connectivity index (χ1v) is 13.1. The summed E-state index contributed by atoms with van der Waals surface area (Å²) in [6, 6.07) is 7.04. The van der Waals surface area contributed by atoms with Crippen LogP contribution in [0.3, 0.4) is 0 Å². The number of benzene rings is 2. The van der Waals surface area contributed by atoms with Crippen molar-refractivity contribution in [1.82, 2.24) is 5.32 Å². The summed E-state index contributed by atoms with van der Waals surface area (Å²) in [6.45, 7) is -0.667. The lowest BCUT2D eigenvalue weighted by molar-refractivity contribution is -0.461. The van der Waals surface area contributed by atoms with Gasteiger partial charge in [-0.05, 0) is 35.2 Å². The third kappa shape index (κ3) is 7.74. The molecule has 6 nitrogen and oxygen atoms in total. The van der Waals surface area contributed by atoms with E-state index in [1.165, 1.54) is 24.3 Å². The van der Waals surface area contributed by atoms with Crippen molar-refractivity contribution in [2.24, 2.45) is 0 Å². The number of phenols is 1. The van der Waals surface area contributed by atoms with Crippen molar-refractivity contribution < 1.29 is 99.2 Å². The summed E-state index contributed by atoms with van der Waals surface area (Å²) in [6.07, 6.45) is -13.5. The van der Waals surface area contributed by atoms with E-state index >= 15 is 0 Å². The van der Waals surface area contributed by atoms with E-state index in [2.05, 4.69) is 0 Å². The minimum absolute atomic E-state index is 0.0172. The summed E-state index contributed by atoms with van der Waals surface area (Å²) in [4.78, 5) is 23.5. The van der Waals surface area contributed by atoms with Crippen LogP contribution in [0.2, 0.25) is 0 Å². The molecule has 0 radical (unpaired) electrons. The first-order valence-electron chi connectivity index (χ1n) is 13.1. The van der Waals surface area contributed by atoms with Crippen LogP contribution in [0.4, 0.5) is 79.4 Å². The number of ether oxygens (including phenoxy) is 1. The van der Waals surface area contributed by atoms with E-state index in [0.29, 0.717) is 5.56 Å². The molecule has 3 N–H and O–H groups in total. The molecule has 282 valence electrons. The molecule has 0 fully saturated rings. The smallest absolute Gasteiger partial charge is 0.460 e. The van der Waals surface area contributed by atoms with Crippen LogP contribution in [0.1, 0.15) is 23.1 Å². The molecule has 50 heavy (non-hydrogen) atoms. The molecule has 0 unspecified atom stereocenters. The summed E-state index contributed by atoms with van der Waals surface area (Å²) in [5, 5.41) is 20.6. The molecule has 23 heteroatoms. The summed E-state index contributed by atoms with van der Waals surface area (Å²) in [5.74, 6) is -58.4. The van der Waals surface area contributed by atoms with Gasteiger partial charge in [0, 0.05) is 12.8 Å². The van der Waals surface area contributed by atoms with Gasteiger partial charge in [-0.3, -0.25) is 0 Å². The molecule has 0 aliphatic carbocycles. The van der Waals surface area contributed by atoms with E-state index in [1.807, 2.05) is 5.32 Å². The first kappa shape index (κ1) is 42.0. The van der Waals surface area contributed by atoms with Crippen LogP contribution in [-0.4, -0.2) is 76.0 Å². The average molecular weight is 761 g/mol. The molecule has 0 heterocycles. The molecule has 0 spiro atoms. The maximum absolute atomic E-state index is 14.2. The van der Waals surface area contributed by atoms with Crippen LogP contribution in [0.25, 0.3) is 0 Å². The minimum atomic E-state index is -8.70. The molecule has 0 bridgehead atoms. The number of phenolic OH excluding ortho intramolecular Hbond substituents is 1. The van der Waals surface area contributed by atoms with Gasteiger partial charge in [-0.25, -0.2) is 9.59 Å². The second kappa shape index (κ2) is 13.8. The molecule has 2 rings (SSSR count). The molecule has 2 aromatic carbocycles. The van der Waals surface area contributed by atoms with Gasteiger partial charge in [-0.15, -0.1) is 0 Å². The van der Waals surface area contributed by atoms with Crippen molar-refractivity contribution in [3.8, 4) is 5.75 Å². The van der Waals surface area contributed by atoms with Gasteiger partial charge in [0.1, 0.15) is 18.4 Å². The van der Waals surface area contributed by atoms with Crippen molar-refractivity contribution in [3.05, 3.63) is 65.2 Å². The zero-order valence-corrected chi connectivity index (χ0v) is 24.1. The van der Waals surface area contributed by atoms with Crippen LogP contribution in [0.5, 0.6) is 5.75 Å². The fourth-order valence-electron chi connectivity index (χ4n) is 3.86. The van der Waals surface area contributed by atoms with Crippen LogP contribution >= 0.6 is 0 Å². The predicted molar refractivity (Wildman–Crippen MR) is 132 cm³/mol. The third-order valence-corrected chi connectivity index (χ3v) is 6.87. The maximum atomic E-state index is 14.2. The number of carbonyl (C=O) groups is 2. The number of rotatable bonds is 15. The zero-order chi connectivity index (χ0) is 38.9. The summed E-state index contributed by atoms with van der Waals surface area (Å²) in [7, 11) is 0. The Hall–Kier alpha value is -4.21. The molecule has 0 saturated carbocycles. The summed E-state index contributed by atoms with van der Waals surface area (Å²) < 4.78 is 233. The average Bonchev–Trinajstić information content (AvgIpc) is 2.99. The predicted octanol–water partition coefficient (Wildman–Crippen LogP) is 8.26. The maximum Gasteiger partial charge on any atom is 0.460 e. The highest BCUT2D eigenvalue weighted by Crippen LogP contribution is 2.64. The SMILES string of the molecule is O=C(N[C@@H](Cc1ccc(O)cc1)C(=O)O)OCc1ccc(CCC(F)(F)C(F)(F)C(F)(F)C(F)(F)C(F)(F)C(F)(F)C(F)(F)C(F)(F)F)cc1. The number of hydrogen-bond donors (Lipinski definition) is 3. The summed E-state index contributed by atoms with van der Waals surface area (Å²) in [5.41, 5.74) is -0.154. The number of aromatic hydroxyl groups is 1. The highest BCUT2D eigenvalue weighted by atomic mass is 19.4. The molecule has 0 aliphatic heterocycles. The number of hydrogen-bond acceptors (Lipinski definition) is 4. The lowest BCUT2D eigenvalue weighted by atomic mass is 9.87. The van der Waals surface area contributed by atoms with Gasteiger partial charge in [-0.2, -0.15) is 74.6 Å². The van der Waals surface area contributed by atoms with Crippen LogP contribution < -0.4 is 5.32 Å². The Bertz CT molecular complexity index is 1490. The zero-order valence-electron chi connectivity index (χ0n) is 24.1. The fraction of sp³-hybridized carbons (Fsp3) is 0.481. The number of nitrogens with one attached hydrogen (secondary N) is 1. The molecule has 1 atom stereocenters. The summed E-state index contributed by atoms with van der Waals surface area (Å²) >= 11 is 0. The first-order chi connectivity index (χ1) is 22.4. The van der Waals surface area contributed by atoms with Crippen LogP contribution in [0.15, 0.2) is 48.5 Å². The standard InChI is InChI=1S/C27H20F17NO5/c28-20(29,21(30,31)22(32,33)23(34,35)24(36,37)25(38,39)26(40,41)27(42,43)44)10-9-13-1-3-15(4-2-13)12-50-19(49)45-17(18(47)48)11-14-5-7-16(46)8-6-14/h1-8,17,46H,9-12H2,(H,45,49)(H,47,48)/t17-/m0/s1. The van der Waals surface area contributed by atoms with Gasteiger partial charge >= 0.3 is 59.7 Å². The Kier molecular flexibility index (Phi) is 11.6. The molecule has 2 aromatic rings. The van der Waals surface area contributed by atoms with Crippen LogP contribution in [0, 0.1) is 0 Å². The normalized spacial score (nSPS) is 14.7. The molecular formula is C27H20F17NO5. The van der Waals surface area contributed by atoms with E-state index in [4.69, 9.17) is 4.74 Å². The molecule has 0 saturated heterocycles. The van der Waals surface area contributed by atoms with Crippen molar-refractivity contribution >= 4 is 12.1 Å². The molecular weight excluding hydrogens is 741 g/mol. The van der Waals surface area contributed by atoms with Crippen molar-refractivity contribution in [2.45, 2.75) is 79.5 Å². The Labute approximate surface area is 267 Å².